The third kappa shape index (κ3) is 6.02. The standard InChI is InChI=1S/C19H18F3NO4/c1-12(13-5-7-15(8-6-13)19(20,21)22)10-23-18(26)14-3-2-4-16(9-14)27-11-17(24)25/h2-9,12H,10-11H2,1H3,(H,23,26)(H,24,25). The molecule has 0 aliphatic carbocycles. The maximum Gasteiger partial charge on any atom is 0.416 e. The minimum absolute atomic E-state index is 0.192. The van der Waals surface area contributed by atoms with Crippen molar-refractivity contribution < 1.29 is 32.6 Å². The number of carbonyl (C=O) groups is 2. The number of rotatable bonds is 7. The Kier molecular flexibility index (Phi) is 6.44. The molecule has 2 aromatic rings. The van der Waals surface area contributed by atoms with Gasteiger partial charge in [-0.05, 0) is 41.8 Å². The smallest absolute Gasteiger partial charge is 0.416 e. The van der Waals surface area contributed by atoms with E-state index in [1.165, 1.54) is 24.3 Å². The summed E-state index contributed by atoms with van der Waals surface area (Å²) in [6.45, 7) is 1.50. The van der Waals surface area contributed by atoms with Crippen LogP contribution in [0.5, 0.6) is 5.75 Å². The molecule has 27 heavy (non-hydrogen) atoms. The highest BCUT2D eigenvalue weighted by Crippen LogP contribution is 2.30. The SMILES string of the molecule is CC(CNC(=O)c1cccc(OCC(=O)O)c1)c1ccc(C(F)(F)F)cc1. The van der Waals surface area contributed by atoms with Crippen LogP contribution in [-0.4, -0.2) is 30.1 Å². The molecule has 1 unspecified atom stereocenters. The van der Waals surface area contributed by atoms with E-state index in [1.807, 2.05) is 0 Å². The summed E-state index contributed by atoms with van der Waals surface area (Å²) in [4.78, 5) is 22.7. The van der Waals surface area contributed by atoms with Crippen LogP contribution in [0.2, 0.25) is 0 Å². The molecule has 0 saturated heterocycles. The lowest BCUT2D eigenvalue weighted by molar-refractivity contribution is -0.139. The van der Waals surface area contributed by atoms with Crippen LogP contribution in [0.25, 0.3) is 0 Å². The molecule has 2 N–H and O–H groups in total. The van der Waals surface area contributed by atoms with Gasteiger partial charge in [0.15, 0.2) is 6.61 Å². The lowest BCUT2D eigenvalue weighted by Crippen LogP contribution is -2.27. The number of amides is 1. The summed E-state index contributed by atoms with van der Waals surface area (Å²) < 4.78 is 42.8. The van der Waals surface area contributed by atoms with Gasteiger partial charge in [0, 0.05) is 12.1 Å². The van der Waals surface area contributed by atoms with E-state index in [2.05, 4.69) is 5.32 Å². The van der Waals surface area contributed by atoms with Gasteiger partial charge in [-0.15, -0.1) is 0 Å². The van der Waals surface area contributed by atoms with E-state index >= 15 is 0 Å². The molecule has 5 nitrogen and oxygen atoms in total. The molecule has 2 rings (SSSR count). The van der Waals surface area contributed by atoms with Crippen molar-refractivity contribution in [2.75, 3.05) is 13.2 Å². The number of benzene rings is 2. The van der Waals surface area contributed by atoms with Crippen LogP contribution in [0.15, 0.2) is 48.5 Å². The lowest BCUT2D eigenvalue weighted by atomic mass is 9.99. The van der Waals surface area contributed by atoms with Crippen molar-refractivity contribution in [3.8, 4) is 5.75 Å². The lowest BCUT2D eigenvalue weighted by Gasteiger charge is -2.15. The highest BCUT2D eigenvalue weighted by Gasteiger charge is 2.30. The fourth-order valence-electron chi connectivity index (χ4n) is 2.34. The average molecular weight is 381 g/mol. The summed E-state index contributed by atoms with van der Waals surface area (Å²) in [7, 11) is 0. The zero-order valence-corrected chi connectivity index (χ0v) is 14.4. The van der Waals surface area contributed by atoms with Crippen molar-refractivity contribution in [1.82, 2.24) is 5.32 Å². The topological polar surface area (TPSA) is 75.6 Å². The highest BCUT2D eigenvalue weighted by atomic mass is 19.4. The molecule has 144 valence electrons. The first-order chi connectivity index (χ1) is 12.7. The monoisotopic (exact) mass is 381 g/mol. The van der Waals surface area contributed by atoms with E-state index in [0.717, 1.165) is 12.1 Å². The fraction of sp³-hybridized carbons (Fsp3) is 0.263. The molecule has 2 aromatic carbocycles. The maximum absolute atomic E-state index is 12.6. The molecule has 8 heteroatoms. The number of ether oxygens (including phenoxy) is 1. The Balaban J connectivity index is 1.94. The number of hydrogen-bond donors (Lipinski definition) is 2. The van der Waals surface area contributed by atoms with Crippen LogP contribution in [0.1, 0.15) is 34.3 Å². The van der Waals surface area contributed by atoms with E-state index in [0.29, 0.717) is 5.56 Å². The molecule has 0 aliphatic rings. The minimum atomic E-state index is -4.39. The second-order valence-electron chi connectivity index (χ2n) is 5.94. The molecule has 1 amide bonds. The number of alkyl halides is 3. The second-order valence-corrected chi connectivity index (χ2v) is 5.94. The number of carboxylic acids is 1. The summed E-state index contributed by atoms with van der Waals surface area (Å²) in [5.41, 5.74) is 0.236. The normalized spacial score (nSPS) is 12.3. The summed E-state index contributed by atoms with van der Waals surface area (Å²) in [5.74, 6) is -1.46. The van der Waals surface area contributed by atoms with Crippen LogP contribution in [0, 0.1) is 0 Å². The maximum atomic E-state index is 12.6. The Labute approximate surface area is 153 Å². The van der Waals surface area contributed by atoms with Crippen LogP contribution < -0.4 is 10.1 Å². The third-order valence-corrected chi connectivity index (χ3v) is 3.83. The van der Waals surface area contributed by atoms with Gasteiger partial charge in [-0.25, -0.2) is 4.79 Å². The van der Waals surface area contributed by atoms with E-state index < -0.39 is 30.2 Å². The largest absolute Gasteiger partial charge is 0.482 e. The molecular formula is C19H18F3NO4. The molecule has 0 aliphatic heterocycles. The van der Waals surface area contributed by atoms with Crippen molar-refractivity contribution >= 4 is 11.9 Å². The second kappa shape index (κ2) is 8.57. The van der Waals surface area contributed by atoms with Gasteiger partial charge in [0.2, 0.25) is 0 Å². The first-order valence-electron chi connectivity index (χ1n) is 8.07. The molecule has 1 atom stereocenters. The number of hydrogen-bond acceptors (Lipinski definition) is 3. The number of halogens is 3. The average Bonchev–Trinajstić information content (AvgIpc) is 2.63. The highest BCUT2D eigenvalue weighted by molar-refractivity contribution is 5.94. The summed E-state index contributed by atoms with van der Waals surface area (Å²) >= 11 is 0. The van der Waals surface area contributed by atoms with Crippen molar-refractivity contribution in [2.24, 2.45) is 0 Å². The molecule has 0 saturated carbocycles. The summed E-state index contributed by atoms with van der Waals surface area (Å²) in [6, 6.07) is 10.9. The van der Waals surface area contributed by atoms with Gasteiger partial charge in [-0.2, -0.15) is 13.2 Å². The number of nitrogens with one attached hydrogen (secondary N) is 1. The van der Waals surface area contributed by atoms with E-state index in [-0.39, 0.29) is 23.8 Å². The van der Waals surface area contributed by atoms with Crippen molar-refractivity contribution in [3.63, 3.8) is 0 Å². The Morgan fingerprint density at radius 3 is 2.41 bits per heavy atom. The van der Waals surface area contributed by atoms with Gasteiger partial charge in [-0.3, -0.25) is 4.79 Å². The van der Waals surface area contributed by atoms with E-state index in [1.54, 1.807) is 19.1 Å². The van der Waals surface area contributed by atoms with Gasteiger partial charge >= 0.3 is 12.1 Å². The first-order valence-corrected chi connectivity index (χ1v) is 8.07. The molecule has 0 radical (unpaired) electrons. The van der Waals surface area contributed by atoms with Gasteiger partial charge in [0.25, 0.3) is 5.91 Å². The van der Waals surface area contributed by atoms with Gasteiger partial charge in [-0.1, -0.05) is 25.1 Å². The van der Waals surface area contributed by atoms with Gasteiger partial charge < -0.3 is 15.2 Å². The van der Waals surface area contributed by atoms with E-state index in [4.69, 9.17) is 9.84 Å². The molecular weight excluding hydrogens is 363 g/mol. The molecule has 0 spiro atoms. The summed E-state index contributed by atoms with van der Waals surface area (Å²) in [6.07, 6.45) is -4.39. The number of carbonyl (C=O) groups excluding carboxylic acids is 1. The van der Waals surface area contributed by atoms with Crippen LogP contribution in [-0.2, 0) is 11.0 Å². The molecule has 0 aromatic heterocycles. The molecule has 0 heterocycles. The quantitative estimate of drug-likeness (QED) is 0.767. The Bertz CT molecular complexity index is 803. The molecule has 0 fully saturated rings. The first kappa shape index (κ1) is 20.3. The van der Waals surface area contributed by atoms with Crippen LogP contribution in [0.4, 0.5) is 13.2 Å². The van der Waals surface area contributed by atoms with Crippen LogP contribution >= 0.6 is 0 Å². The van der Waals surface area contributed by atoms with Crippen molar-refractivity contribution in [1.29, 1.82) is 0 Å². The Morgan fingerprint density at radius 1 is 1.15 bits per heavy atom. The van der Waals surface area contributed by atoms with Gasteiger partial charge in [0.05, 0.1) is 5.56 Å². The molecule has 0 bridgehead atoms. The van der Waals surface area contributed by atoms with Crippen molar-refractivity contribution in [3.05, 3.63) is 65.2 Å². The minimum Gasteiger partial charge on any atom is -0.482 e. The van der Waals surface area contributed by atoms with Gasteiger partial charge in [0.1, 0.15) is 5.75 Å². The van der Waals surface area contributed by atoms with E-state index in [9.17, 15) is 22.8 Å². The van der Waals surface area contributed by atoms with Crippen LogP contribution in [0.3, 0.4) is 0 Å². The fourth-order valence-corrected chi connectivity index (χ4v) is 2.34. The van der Waals surface area contributed by atoms with Crippen molar-refractivity contribution in [2.45, 2.75) is 19.0 Å². The third-order valence-electron chi connectivity index (χ3n) is 3.83. The number of carboxylic acid groups (broad SMARTS) is 1. The summed E-state index contributed by atoms with van der Waals surface area (Å²) in [5, 5.41) is 11.3. The predicted octanol–water partition coefficient (Wildman–Crippen LogP) is 3.70. The number of aliphatic carboxylic acids is 1. The zero-order chi connectivity index (χ0) is 20.0. The zero-order valence-electron chi connectivity index (χ0n) is 14.4. The predicted molar refractivity (Wildman–Crippen MR) is 91.8 cm³/mol. The Morgan fingerprint density at radius 2 is 1.81 bits per heavy atom. The Hall–Kier alpha value is -3.03.